The maximum Gasteiger partial charge on any atom is 0.269 e. The number of nitro benzene ring substituents is 1. The minimum atomic E-state index is -0.389. The molecular weight excluding hydrogens is 241 g/mol. The first-order valence-electron chi connectivity index (χ1n) is 3.31. The van der Waals surface area contributed by atoms with Gasteiger partial charge in [0.05, 0.1) is 4.92 Å². The highest BCUT2D eigenvalue weighted by atomic mass is 79.9. The van der Waals surface area contributed by atoms with Gasteiger partial charge < -0.3 is 0 Å². The molecule has 3 nitrogen and oxygen atoms in total. The molecule has 0 fully saturated rings. The number of benzene rings is 1. The summed E-state index contributed by atoms with van der Waals surface area (Å²) in [4.78, 5) is 9.88. The van der Waals surface area contributed by atoms with Crippen LogP contribution in [0.25, 0.3) is 0 Å². The fraction of sp³-hybridized carbons (Fsp3) is 0.143. The second-order valence-electron chi connectivity index (χ2n) is 2.23. The maximum absolute atomic E-state index is 10.3. The van der Waals surface area contributed by atoms with Crippen molar-refractivity contribution in [3.05, 3.63) is 39.9 Å². The summed E-state index contributed by atoms with van der Waals surface area (Å²) in [5, 5.41) is 10.3. The van der Waals surface area contributed by atoms with Gasteiger partial charge in [-0.1, -0.05) is 27.6 Å². The Kier molecular flexibility index (Phi) is 3.63. The van der Waals surface area contributed by atoms with Crippen LogP contribution in [0.2, 0.25) is 0 Å². The van der Waals surface area contributed by atoms with E-state index in [0.717, 1.165) is 11.7 Å². The lowest BCUT2D eigenvalue weighted by atomic mass is 10.2. The normalized spacial score (nSPS) is 10.8. The van der Waals surface area contributed by atoms with Crippen LogP contribution < -0.4 is 0 Å². The molecule has 0 aliphatic rings. The van der Waals surface area contributed by atoms with Crippen molar-refractivity contribution in [1.29, 1.82) is 0 Å². The summed E-state index contributed by atoms with van der Waals surface area (Å²) in [7, 11) is 0.669. The van der Waals surface area contributed by atoms with Gasteiger partial charge in [-0.2, -0.15) is 0 Å². The third-order valence-corrected chi connectivity index (χ3v) is 2.80. The molecule has 0 saturated carbocycles. The van der Waals surface area contributed by atoms with Crippen molar-refractivity contribution >= 4 is 28.5 Å². The molecule has 0 aliphatic carbocycles. The first kappa shape index (κ1) is 9.62. The van der Waals surface area contributed by atoms with E-state index >= 15 is 0 Å². The van der Waals surface area contributed by atoms with Crippen molar-refractivity contribution in [3.8, 4) is 0 Å². The number of non-ortho nitro benzene ring substituents is 1. The van der Waals surface area contributed by atoms with Gasteiger partial charge in [-0.25, -0.2) is 0 Å². The molecule has 0 aromatic heterocycles. The second-order valence-corrected chi connectivity index (χ2v) is 4.54. The summed E-state index contributed by atoms with van der Waals surface area (Å²) in [5.41, 5.74) is 1.27. The Morgan fingerprint density at radius 2 is 2.00 bits per heavy atom. The van der Waals surface area contributed by atoms with Crippen LogP contribution in [-0.2, 0) is 6.16 Å². The lowest BCUT2D eigenvalue weighted by molar-refractivity contribution is -0.384. The van der Waals surface area contributed by atoms with Crippen molar-refractivity contribution in [2.75, 3.05) is 0 Å². The van der Waals surface area contributed by atoms with Crippen molar-refractivity contribution in [1.82, 2.24) is 0 Å². The Balaban J connectivity index is 2.78. The van der Waals surface area contributed by atoms with Crippen LogP contribution in [0.5, 0.6) is 0 Å². The molecule has 0 spiro atoms. The summed E-state index contributed by atoms with van der Waals surface area (Å²) in [6, 6.07) is 6.63. The van der Waals surface area contributed by atoms with Crippen LogP contribution in [0.3, 0.4) is 0 Å². The summed E-state index contributed by atoms with van der Waals surface area (Å²) < 4.78 is 0. The Bertz CT molecular complexity index is 275. The largest absolute Gasteiger partial charge is 0.269 e. The number of hydrogen-bond acceptors (Lipinski definition) is 2. The molecule has 1 unspecified atom stereocenters. The van der Waals surface area contributed by atoms with Gasteiger partial charge in [-0.15, -0.1) is 0 Å². The van der Waals surface area contributed by atoms with Gasteiger partial charge in [0.15, 0.2) is 0 Å². The standard InChI is InChI=1S/C7H7BrNO2P/c8-12-5-6-1-3-7(4-2-6)9(10)11/h1-4,12H,5H2. The third kappa shape index (κ3) is 2.54. The quantitative estimate of drug-likeness (QED) is 0.468. The summed E-state index contributed by atoms with van der Waals surface area (Å²) in [5.74, 6) is 0. The van der Waals surface area contributed by atoms with Crippen LogP contribution in [0, 0.1) is 10.1 Å². The summed E-state index contributed by atoms with van der Waals surface area (Å²) >= 11 is 3.33. The average Bonchev–Trinajstić information content (AvgIpc) is 2.06. The van der Waals surface area contributed by atoms with Crippen LogP contribution in [-0.4, -0.2) is 4.92 Å². The minimum absolute atomic E-state index is 0.150. The van der Waals surface area contributed by atoms with Gasteiger partial charge in [-0.3, -0.25) is 10.1 Å². The number of halogens is 1. The molecule has 1 aromatic carbocycles. The zero-order valence-corrected chi connectivity index (χ0v) is 8.74. The molecule has 0 aliphatic heterocycles. The second kappa shape index (κ2) is 4.53. The van der Waals surface area contributed by atoms with E-state index in [0.29, 0.717) is 7.28 Å². The number of rotatable bonds is 3. The van der Waals surface area contributed by atoms with E-state index in [9.17, 15) is 10.1 Å². The van der Waals surface area contributed by atoms with E-state index < -0.39 is 0 Å². The molecule has 5 heteroatoms. The predicted octanol–water partition coefficient (Wildman–Crippen LogP) is 3.08. The van der Waals surface area contributed by atoms with Gasteiger partial charge in [0.1, 0.15) is 0 Å². The first-order chi connectivity index (χ1) is 5.74. The smallest absolute Gasteiger partial charge is 0.258 e. The van der Waals surface area contributed by atoms with Crippen LogP contribution in [0.4, 0.5) is 5.69 Å². The van der Waals surface area contributed by atoms with Gasteiger partial charge in [0.25, 0.3) is 5.69 Å². The molecule has 0 heterocycles. The number of nitro groups is 1. The lowest BCUT2D eigenvalue weighted by Gasteiger charge is -1.95. The molecule has 0 saturated heterocycles. The summed E-state index contributed by atoms with van der Waals surface area (Å²) in [6.45, 7) is 0. The van der Waals surface area contributed by atoms with E-state index in [4.69, 9.17) is 0 Å². The highest BCUT2D eigenvalue weighted by Gasteiger charge is 2.02. The molecule has 64 valence electrons. The fourth-order valence-corrected chi connectivity index (χ4v) is 2.17. The lowest BCUT2D eigenvalue weighted by Crippen LogP contribution is -1.87. The molecule has 0 bridgehead atoms. The van der Waals surface area contributed by atoms with Gasteiger partial charge >= 0.3 is 0 Å². The topological polar surface area (TPSA) is 43.1 Å². The minimum Gasteiger partial charge on any atom is -0.258 e. The molecule has 0 radical (unpaired) electrons. The molecule has 1 aromatic rings. The highest BCUT2D eigenvalue weighted by molar-refractivity contribution is 9.36. The molecule has 0 N–H and O–H groups in total. The first-order valence-corrected chi connectivity index (χ1v) is 6.77. The maximum atomic E-state index is 10.3. The molecular formula is C7H7BrNO2P. The Hall–Kier alpha value is -0.470. The van der Waals surface area contributed by atoms with Crippen molar-refractivity contribution < 1.29 is 4.92 Å². The van der Waals surface area contributed by atoms with Crippen molar-refractivity contribution in [2.45, 2.75) is 6.16 Å². The number of nitrogens with zero attached hydrogens (tertiary/aromatic N) is 1. The Labute approximate surface area is 79.8 Å². The monoisotopic (exact) mass is 247 g/mol. The van der Waals surface area contributed by atoms with Gasteiger partial charge in [-0.05, 0) is 19.0 Å². The van der Waals surface area contributed by atoms with E-state index in [2.05, 4.69) is 15.5 Å². The zero-order valence-electron chi connectivity index (χ0n) is 6.16. The molecule has 1 rings (SSSR count). The van der Waals surface area contributed by atoms with Crippen molar-refractivity contribution in [2.24, 2.45) is 0 Å². The van der Waals surface area contributed by atoms with Crippen LogP contribution in [0.15, 0.2) is 24.3 Å². The number of hydrogen-bond donors (Lipinski definition) is 0. The van der Waals surface area contributed by atoms with Gasteiger partial charge in [0.2, 0.25) is 0 Å². The molecule has 12 heavy (non-hydrogen) atoms. The molecule has 0 amide bonds. The Morgan fingerprint density at radius 1 is 1.42 bits per heavy atom. The molecule has 1 atom stereocenters. The van der Waals surface area contributed by atoms with Crippen LogP contribution in [0.1, 0.15) is 5.56 Å². The third-order valence-electron chi connectivity index (χ3n) is 1.42. The zero-order chi connectivity index (χ0) is 8.97. The van der Waals surface area contributed by atoms with E-state index in [1.54, 1.807) is 12.1 Å². The summed E-state index contributed by atoms with van der Waals surface area (Å²) in [6.07, 6.45) is 0.929. The van der Waals surface area contributed by atoms with E-state index in [1.165, 1.54) is 12.1 Å². The predicted molar refractivity (Wildman–Crippen MR) is 54.0 cm³/mol. The fourth-order valence-electron chi connectivity index (χ4n) is 0.813. The van der Waals surface area contributed by atoms with Crippen molar-refractivity contribution in [3.63, 3.8) is 0 Å². The average molecular weight is 248 g/mol. The van der Waals surface area contributed by atoms with Gasteiger partial charge in [0, 0.05) is 12.1 Å². The Morgan fingerprint density at radius 3 is 2.42 bits per heavy atom. The van der Waals surface area contributed by atoms with E-state index in [-0.39, 0.29) is 10.6 Å². The van der Waals surface area contributed by atoms with E-state index in [1.807, 2.05) is 0 Å². The van der Waals surface area contributed by atoms with Crippen LogP contribution >= 0.6 is 22.8 Å². The SMILES string of the molecule is O=[N+]([O-])c1ccc(CPBr)cc1. The highest BCUT2D eigenvalue weighted by Crippen LogP contribution is 2.26.